The van der Waals surface area contributed by atoms with Gasteiger partial charge in [0, 0.05) is 11.1 Å². The third kappa shape index (κ3) is 5.29. The van der Waals surface area contributed by atoms with E-state index in [9.17, 15) is 14.0 Å². The lowest BCUT2D eigenvalue weighted by Gasteiger charge is -2.19. The summed E-state index contributed by atoms with van der Waals surface area (Å²) in [6.45, 7) is 3.47. The molecule has 2 atom stereocenters. The van der Waals surface area contributed by atoms with Crippen molar-refractivity contribution >= 4 is 11.7 Å². The maximum absolute atomic E-state index is 13.0. The van der Waals surface area contributed by atoms with Crippen molar-refractivity contribution in [1.82, 2.24) is 5.32 Å². The minimum absolute atomic E-state index is 0.0731. The van der Waals surface area contributed by atoms with Crippen LogP contribution in [0.4, 0.5) is 4.39 Å². The quantitative estimate of drug-likeness (QED) is 0.594. The Bertz CT molecular complexity index is 969. The minimum atomic E-state index is -0.728. The molecule has 0 aromatic heterocycles. The summed E-state index contributed by atoms with van der Waals surface area (Å²) < 4.78 is 18.7. The van der Waals surface area contributed by atoms with E-state index >= 15 is 0 Å². The molecule has 3 rings (SSSR count). The van der Waals surface area contributed by atoms with Gasteiger partial charge in [-0.3, -0.25) is 9.59 Å². The summed E-state index contributed by atoms with van der Waals surface area (Å²) in [6.07, 6.45) is -0.728. The zero-order valence-corrected chi connectivity index (χ0v) is 16.3. The Morgan fingerprint density at radius 3 is 2.03 bits per heavy atom. The van der Waals surface area contributed by atoms with Crippen LogP contribution >= 0.6 is 0 Å². The van der Waals surface area contributed by atoms with Crippen LogP contribution in [0.25, 0.3) is 0 Å². The first-order valence-electron chi connectivity index (χ1n) is 9.36. The molecular weight excluding hydrogens is 369 g/mol. The Labute approximate surface area is 169 Å². The van der Waals surface area contributed by atoms with E-state index in [-0.39, 0.29) is 23.5 Å². The number of benzene rings is 3. The average Bonchev–Trinajstić information content (AvgIpc) is 2.74. The molecule has 4 nitrogen and oxygen atoms in total. The molecule has 1 N–H and O–H groups in total. The molecule has 0 aliphatic carbocycles. The molecule has 148 valence electrons. The molecule has 0 aliphatic heterocycles. The van der Waals surface area contributed by atoms with Crippen molar-refractivity contribution in [2.24, 2.45) is 0 Å². The number of carbonyl (C=O) groups excluding carboxylic acids is 2. The number of hydrogen-bond donors (Lipinski definition) is 1. The Hall–Kier alpha value is -3.47. The van der Waals surface area contributed by atoms with Crippen molar-refractivity contribution in [3.05, 3.63) is 101 Å². The van der Waals surface area contributed by atoms with Crippen molar-refractivity contribution in [1.29, 1.82) is 0 Å². The normalized spacial score (nSPS) is 12.7. The van der Waals surface area contributed by atoms with Crippen LogP contribution < -0.4 is 10.1 Å². The molecule has 5 heteroatoms. The average molecular weight is 391 g/mol. The van der Waals surface area contributed by atoms with E-state index in [1.54, 1.807) is 55.5 Å². The summed E-state index contributed by atoms with van der Waals surface area (Å²) >= 11 is 0. The number of nitrogens with one attached hydrogen (secondary N) is 1. The topological polar surface area (TPSA) is 55.4 Å². The molecule has 0 saturated heterocycles. The Kier molecular flexibility index (Phi) is 6.39. The van der Waals surface area contributed by atoms with Crippen LogP contribution in [0.5, 0.6) is 5.75 Å². The molecule has 0 bridgehead atoms. The highest BCUT2D eigenvalue weighted by atomic mass is 19.1. The van der Waals surface area contributed by atoms with Crippen LogP contribution in [-0.2, 0) is 4.79 Å². The zero-order valence-electron chi connectivity index (χ0n) is 16.3. The molecule has 0 unspecified atom stereocenters. The Morgan fingerprint density at radius 2 is 1.41 bits per heavy atom. The third-order valence-corrected chi connectivity index (χ3v) is 4.56. The minimum Gasteiger partial charge on any atom is -0.481 e. The number of rotatable bonds is 7. The molecule has 0 aliphatic rings. The second kappa shape index (κ2) is 9.15. The van der Waals surface area contributed by atoms with E-state index in [2.05, 4.69) is 5.32 Å². The monoisotopic (exact) mass is 391 g/mol. The smallest absolute Gasteiger partial charge is 0.261 e. The highest BCUT2D eigenvalue weighted by molar-refractivity contribution is 6.08. The maximum Gasteiger partial charge on any atom is 0.261 e. The van der Waals surface area contributed by atoms with Gasteiger partial charge in [-0.1, -0.05) is 42.5 Å². The van der Waals surface area contributed by atoms with Crippen LogP contribution in [0.3, 0.4) is 0 Å². The number of hydrogen-bond acceptors (Lipinski definition) is 3. The van der Waals surface area contributed by atoms with Gasteiger partial charge in [0.25, 0.3) is 5.91 Å². The Morgan fingerprint density at radius 1 is 0.828 bits per heavy atom. The fourth-order valence-electron chi connectivity index (χ4n) is 2.86. The first kappa shape index (κ1) is 20.3. The summed E-state index contributed by atoms with van der Waals surface area (Å²) in [5.74, 6) is -0.188. The predicted molar refractivity (Wildman–Crippen MR) is 109 cm³/mol. The standard InChI is InChI=1S/C24H22FNO3/c1-16(18-8-12-21(25)13-9-18)26-24(28)17(2)29-22-14-10-20(11-15-22)23(27)19-6-4-3-5-7-19/h3-17H,1-2H3,(H,26,28)/t16-,17-/m0/s1. The molecule has 0 saturated carbocycles. The van der Waals surface area contributed by atoms with Gasteiger partial charge < -0.3 is 10.1 Å². The Balaban J connectivity index is 1.58. The summed E-state index contributed by atoms with van der Waals surface area (Å²) in [7, 11) is 0. The molecular formula is C24H22FNO3. The van der Waals surface area contributed by atoms with Gasteiger partial charge in [-0.25, -0.2) is 4.39 Å². The van der Waals surface area contributed by atoms with E-state index in [4.69, 9.17) is 4.74 Å². The van der Waals surface area contributed by atoms with Gasteiger partial charge in [0.2, 0.25) is 0 Å². The molecule has 0 spiro atoms. The van der Waals surface area contributed by atoms with Gasteiger partial charge in [-0.2, -0.15) is 0 Å². The lowest BCUT2D eigenvalue weighted by atomic mass is 10.0. The van der Waals surface area contributed by atoms with Crippen molar-refractivity contribution in [3.63, 3.8) is 0 Å². The van der Waals surface area contributed by atoms with Crippen molar-refractivity contribution < 1.29 is 18.7 Å². The zero-order chi connectivity index (χ0) is 20.8. The second-order valence-corrected chi connectivity index (χ2v) is 6.76. The predicted octanol–water partition coefficient (Wildman–Crippen LogP) is 4.70. The summed E-state index contributed by atoms with van der Waals surface area (Å²) in [5, 5.41) is 2.85. The summed E-state index contributed by atoms with van der Waals surface area (Å²) in [5.41, 5.74) is 1.96. The highest BCUT2D eigenvalue weighted by Crippen LogP contribution is 2.18. The van der Waals surface area contributed by atoms with Gasteiger partial charge in [-0.05, 0) is 55.8 Å². The lowest BCUT2D eigenvalue weighted by molar-refractivity contribution is -0.127. The number of halogens is 1. The van der Waals surface area contributed by atoms with Crippen molar-refractivity contribution in [2.75, 3.05) is 0 Å². The van der Waals surface area contributed by atoms with E-state index in [1.165, 1.54) is 12.1 Å². The largest absolute Gasteiger partial charge is 0.481 e. The van der Waals surface area contributed by atoms with Crippen LogP contribution in [-0.4, -0.2) is 17.8 Å². The number of carbonyl (C=O) groups is 2. The fourth-order valence-corrected chi connectivity index (χ4v) is 2.86. The van der Waals surface area contributed by atoms with Crippen molar-refractivity contribution in [3.8, 4) is 5.75 Å². The van der Waals surface area contributed by atoms with Gasteiger partial charge in [0.15, 0.2) is 11.9 Å². The molecule has 29 heavy (non-hydrogen) atoms. The third-order valence-electron chi connectivity index (χ3n) is 4.56. The molecule has 3 aromatic carbocycles. The van der Waals surface area contributed by atoms with Crippen LogP contribution in [0.15, 0.2) is 78.9 Å². The maximum atomic E-state index is 13.0. The SMILES string of the molecule is C[C@H](Oc1ccc(C(=O)c2ccccc2)cc1)C(=O)N[C@@H](C)c1ccc(F)cc1. The molecule has 1 amide bonds. The summed E-state index contributed by atoms with van der Waals surface area (Å²) in [6, 6.07) is 21.4. The van der Waals surface area contributed by atoms with Crippen LogP contribution in [0.2, 0.25) is 0 Å². The molecule has 0 heterocycles. The van der Waals surface area contributed by atoms with Gasteiger partial charge in [0.05, 0.1) is 6.04 Å². The van der Waals surface area contributed by atoms with Crippen LogP contribution in [0, 0.1) is 5.82 Å². The highest BCUT2D eigenvalue weighted by Gasteiger charge is 2.18. The van der Waals surface area contributed by atoms with Crippen LogP contribution in [0.1, 0.15) is 41.4 Å². The number of ketones is 1. The van der Waals surface area contributed by atoms with E-state index in [0.29, 0.717) is 16.9 Å². The van der Waals surface area contributed by atoms with E-state index < -0.39 is 6.10 Å². The van der Waals surface area contributed by atoms with Gasteiger partial charge >= 0.3 is 0 Å². The van der Waals surface area contributed by atoms with Gasteiger partial charge in [0.1, 0.15) is 11.6 Å². The van der Waals surface area contributed by atoms with Crippen molar-refractivity contribution in [2.45, 2.75) is 26.0 Å². The second-order valence-electron chi connectivity index (χ2n) is 6.76. The van der Waals surface area contributed by atoms with Gasteiger partial charge in [-0.15, -0.1) is 0 Å². The molecule has 0 radical (unpaired) electrons. The fraction of sp³-hybridized carbons (Fsp3) is 0.167. The number of ether oxygens (including phenoxy) is 1. The first-order valence-corrected chi connectivity index (χ1v) is 9.36. The van der Waals surface area contributed by atoms with E-state index in [1.807, 2.05) is 25.1 Å². The molecule has 0 fully saturated rings. The number of amides is 1. The summed E-state index contributed by atoms with van der Waals surface area (Å²) in [4.78, 5) is 24.8. The first-order chi connectivity index (χ1) is 13.9. The van der Waals surface area contributed by atoms with E-state index in [0.717, 1.165) is 5.56 Å². The molecule has 3 aromatic rings. The lowest BCUT2D eigenvalue weighted by Crippen LogP contribution is -2.37.